The molecular formula is C11H15N5O2. The van der Waals surface area contributed by atoms with E-state index in [0.717, 1.165) is 11.4 Å². The normalized spacial score (nSPS) is 10.6. The SMILES string of the molecule is Cc1[nH]c(=O)n(CCC(=O)Nc2ccn[nH]2)c1C. The van der Waals surface area contributed by atoms with Gasteiger partial charge in [0.2, 0.25) is 5.91 Å². The van der Waals surface area contributed by atoms with Crippen molar-refractivity contribution in [1.82, 2.24) is 19.7 Å². The molecule has 96 valence electrons. The summed E-state index contributed by atoms with van der Waals surface area (Å²) in [5.74, 6) is 0.388. The van der Waals surface area contributed by atoms with Crippen molar-refractivity contribution >= 4 is 11.7 Å². The van der Waals surface area contributed by atoms with E-state index in [-0.39, 0.29) is 18.0 Å². The van der Waals surface area contributed by atoms with E-state index in [9.17, 15) is 9.59 Å². The average molecular weight is 249 g/mol. The number of nitrogens with zero attached hydrogens (tertiary/aromatic N) is 2. The van der Waals surface area contributed by atoms with Gasteiger partial charge in [0.25, 0.3) is 0 Å². The molecule has 3 N–H and O–H groups in total. The number of hydrogen-bond acceptors (Lipinski definition) is 3. The fourth-order valence-corrected chi connectivity index (χ4v) is 1.69. The largest absolute Gasteiger partial charge is 0.325 e. The first-order valence-electron chi connectivity index (χ1n) is 5.63. The molecular weight excluding hydrogens is 234 g/mol. The molecule has 1 amide bonds. The van der Waals surface area contributed by atoms with Crippen molar-refractivity contribution in [3.63, 3.8) is 0 Å². The van der Waals surface area contributed by atoms with Crippen LogP contribution in [-0.4, -0.2) is 25.7 Å². The third-order valence-electron chi connectivity index (χ3n) is 2.82. The van der Waals surface area contributed by atoms with Crippen LogP contribution in [0.25, 0.3) is 0 Å². The van der Waals surface area contributed by atoms with Gasteiger partial charge in [-0.2, -0.15) is 5.10 Å². The van der Waals surface area contributed by atoms with E-state index < -0.39 is 0 Å². The number of carbonyl (C=O) groups excluding carboxylic acids is 1. The Labute approximate surface area is 103 Å². The number of imidazole rings is 1. The van der Waals surface area contributed by atoms with Gasteiger partial charge in [0.05, 0.1) is 6.20 Å². The summed E-state index contributed by atoms with van der Waals surface area (Å²) >= 11 is 0. The van der Waals surface area contributed by atoms with Crippen molar-refractivity contribution in [3.05, 3.63) is 34.1 Å². The summed E-state index contributed by atoms with van der Waals surface area (Å²) in [4.78, 5) is 25.9. The molecule has 0 saturated heterocycles. The zero-order valence-electron chi connectivity index (χ0n) is 10.3. The molecule has 2 aromatic heterocycles. The average Bonchev–Trinajstić information content (AvgIpc) is 2.88. The molecule has 0 spiro atoms. The Hall–Kier alpha value is -2.31. The van der Waals surface area contributed by atoms with Crippen LogP contribution in [0.2, 0.25) is 0 Å². The molecule has 0 fully saturated rings. The van der Waals surface area contributed by atoms with E-state index in [2.05, 4.69) is 20.5 Å². The second-order valence-electron chi connectivity index (χ2n) is 4.06. The number of aromatic nitrogens is 4. The smallest absolute Gasteiger partial charge is 0.311 e. The first kappa shape index (κ1) is 12.2. The Kier molecular flexibility index (Phi) is 3.31. The molecule has 0 aromatic carbocycles. The van der Waals surface area contributed by atoms with Crippen molar-refractivity contribution in [2.45, 2.75) is 26.8 Å². The second kappa shape index (κ2) is 4.91. The molecule has 2 aromatic rings. The van der Waals surface area contributed by atoms with Crippen LogP contribution in [0.15, 0.2) is 17.1 Å². The first-order valence-corrected chi connectivity index (χ1v) is 5.63. The fourth-order valence-electron chi connectivity index (χ4n) is 1.69. The van der Waals surface area contributed by atoms with Crippen LogP contribution in [0.5, 0.6) is 0 Å². The maximum atomic E-state index is 11.6. The monoisotopic (exact) mass is 249 g/mol. The predicted octanol–water partition coefficient (Wildman–Crippen LogP) is 0.545. The standard InChI is InChI=1S/C11H15N5O2/c1-7-8(2)16(11(18)13-7)6-4-10(17)14-9-3-5-12-15-9/h3,5H,4,6H2,1-2H3,(H,13,18)(H2,12,14,15,17). The van der Waals surface area contributed by atoms with Crippen molar-refractivity contribution in [2.24, 2.45) is 0 Å². The molecule has 0 bridgehead atoms. The summed E-state index contributed by atoms with van der Waals surface area (Å²) in [6, 6.07) is 1.66. The highest BCUT2D eigenvalue weighted by Crippen LogP contribution is 2.03. The zero-order chi connectivity index (χ0) is 13.1. The Bertz CT molecular complexity index is 593. The van der Waals surface area contributed by atoms with E-state index in [4.69, 9.17) is 0 Å². The second-order valence-corrected chi connectivity index (χ2v) is 4.06. The van der Waals surface area contributed by atoms with Crippen molar-refractivity contribution in [2.75, 3.05) is 5.32 Å². The lowest BCUT2D eigenvalue weighted by atomic mass is 10.3. The third kappa shape index (κ3) is 2.50. The minimum Gasteiger partial charge on any atom is -0.311 e. The van der Waals surface area contributed by atoms with Crippen molar-refractivity contribution in [1.29, 1.82) is 0 Å². The minimum absolute atomic E-state index is 0.163. The molecule has 0 aliphatic rings. The van der Waals surface area contributed by atoms with E-state index in [0.29, 0.717) is 12.4 Å². The molecule has 0 aliphatic heterocycles. The number of aryl methyl sites for hydroxylation is 1. The highest BCUT2D eigenvalue weighted by Gasteiger charge is 2.09. The van der Waals surface area contributed by atoms with Gasteiger partial charge in [-0.3, -0.25) is 14.5 Å². The summed E-state index contributed by atoms with van der Waals surface area (Å²) < 4.78 is 1.56. The number of anilines is 1. The van der Waals surface area contributed by atoms with Crippen LogP contribution in [0.3, 0.4) is 0 Å². The highest BCUT2D eigenvalue weighted by molar-refractivity contribution is 5.89. The highest BCUT2D eigenvalue weighted by atomic mass is 16.2. The maximum Gasteiger partial charge on any atom is 0.325 e. The Morgan fingerprint density at radius 1 is 1.50 bits per heavy atom. The Morgan fingerprint density at radius 3 is 2.83 bits per heavy atom. The molecule has 0 unspecified atom stereocenters. The minimum atomic E-state index is -0.181. The lowest BCUT2D eigenvalue weighted by Gasteiger charge is -2.04. The van der Waals surface area contributed by atoms with Gasteiger partial charge in [-0.15, -0.1) is 0 Å². The van der Waals surface area contributed by atoms with Crippen molar-refractivity contribution < 1.29 is 4.79 Å². The zero-order valence-corrected chi connectivity index (χ0v) is 10.3. The van der Waals surface area contributed by atoms with E-state index in [1.54, 1.807) is 16.8 Å². The number of carbonyl (C=O) groups is 1. The molecule has 18 heavy (non-hydrogen) atoms. The van der Waals surface area contributed by atoms with Crippen LogP contribution in [0, 0.1) is 13.8 Å². The quantitative estimate of drug-likeness (QED) is 0.738. The van der Waals surface area contributed by atoms with Crippen LogP contribution < -0.4 is 11.0 Å². The number of hydrogen-bond donors (Lipinski definition) is 3. The number of nitrogens with one attached hydrogen (secondary N) is 3. The van der Waals surface area contributed by atoms with Gasteiger partial charge in [0.15, 0.2) is 0 Å². The molecule has 0 atom stereocenters. The van der Waals surface area contributed by atoms with Crippen LogP contribution in [0.4, 0.5) is 5.82 Å². The van der Waals surface area contributed by atoms with E-state index in [1.807, 2.05) is 13.8 Å². The Balaban J connectivity index is 1.95. The molecule has 2 heterocycles. The predicted molar refractivity (Wildman–Crippen MR) is 66.4 cm³/mol. The van der Waals surface area contributed by atoms with Gasteiger partial charge in [-0.1, -0.05) is 0 Å². The van der Waals surface area contributed by atoms with Crippen LogP contribution in [-0.2, 0) is 11.3 Å². The molecule has 0 aliphatic carbocycles. The van der Waals surface area contributed by atoms with E-state index in [1.165, 1.54) is 0 Å². The summed E-state index contributed by atoms with van der Waals surface area (Å²) in [6.45, 7) is 4.03. The van der Waals surface area contributed by atoms with E-state index >= 15 is 0 Å². The number of aromatic amines is 2. The molecule has 7 nitrogen and oxygen atoms in total. The summed E-state index contributed by atoms with van der Waals surface area (Å²) in [5.41, 5.74) is 1.50. The lowest BCUT2D eigenvalue weighted by Crippen LogP contribution is -2.22. The summed E-state index contributed by atoms with van der Waals surface area (Å²) in [6.07, 6.45) is 1.79. The topological polar surface area (TPSA) is 95.6 Å². The maximum absolute atomic E-state index is 11.6. The van der Waals surface area contributed by atoms with Crippen molar-refractivity contribution in [3.8, 4) is 0 Å². The third-order valence-corrected chi connectivity index (χ3v) is 2.82. The lowest BCUT2D eigenvalue weighted by molar-refractivity contribution is -0.116. The van der Waals surface area contributed by atoms with Gasteiger partial charge < -0.3 is 10.3 Å². The molecule has 0 radical (unpaired) electrons. The fraction of sp³-hybridized carbons (Fsp3) is 0.364. The first-order chi connectivity index (χ1) is 8.58. The van der Waals surface area contributed by atoms with Crippen LogP contribution >= 0.6 is 0 Å². The summed E-state index contributed by atoms with van der Waals surface area (Å²) in [5, 5.41) is 9.02. The molecule has 7 heteroatoms. The number of rotatable bonds is 4. The van der Waals surface area contributed by atoms with Gasteiger partial charge >= 0.3 is 5.69 Å². The van der Waals surface area contributed by atoms with Gasteiger partial charge in [0, 0.05) is 30.4 Å². The number of amides is 1. The molecule has 0 saturated carbocycles. The number of H-pyrrole nitrogens is 2. The van der Waals surface area contributed by atoms with Gasteiger partial charge in [-0.05, 0) is 13.8 Å². The van der Waals surface area contributed by atoms with Crippen LogP contribution in [0.1, 0.15) is 17.8 Å². The van der Waals surface area contributed by atoms with Gasteiger partial charge in [0.1, 0.15) is 5.82 Å². The molecule has 2 rings (SSSR count). The van der Waals surface area contributed by atoms with Gasteiger partial charge in [-0.25, -0.2) is 4.79 Å². The Morgan fingerprint density at radius 2 is 2.28 bits per heavy atom. The summed E-state index contributed by atoms with van der Waals surface area (Å²) in [7, 11) is 0.